The average Bonchev–Trinajstić information content (AvgIpc) is 2.39. The van der Waals surface area contributed by atoms with Gasteiger partial charge in [0.25, 0.3) is 0 Å². The third kappa shape index (κ3) is 2.96. The molecular weight excluding hydrogens is 212 g/mol. The molecule has 1 aliphatic heterocycles. The summed E-state index contributed by atoms with van der Waals surface area (Å²) in [5, 5.41) is 3.20. The van der Waals surface area contributed by atoms with Crippen molar-refractivity contribution < 1.29 is 0 Å². The quantitative estimate of drug-likeness (QED) is 0.849. The maximum absolute atomic E-state index is 4.53. The van der Waals surface area contributed by atoms with E-state index in [2.05, 4.69) is 46.2 Å². The van der Waals surface area contributed by atoms with Crippen LogP contribution in [-0.4, -0.2) is 50.2 Å². The van der Waals surface area contributed by atoms with Crippen LogP contribution in [0.3, 0.4) is 0 Å². The first kappa shape index (κ1) is 12.3. The fraction of sp³-hybridized carbons (Fsp3) is 0.615. The zero-order chi connectivity index (χ0) is 12.3. The van der Waals surface area contributed by atoms with Gasteiger partial charge in [-0.2, -0.15) is 0 Å². The highest BCUT2D eigenvalue weighted by molar-refractivity contribution is 5.45. The van der Waals surface area contributed by atoms with Crippen molar-refractivity contribution in [2.75, 3.05) is 45.2 Å². The van der Waals surface area contributed by atoms with E-state index in [1.165, 1.54) is 5.69 Å². The lowest BCUT2D eigenvalue weighted by atomic mass is 10.2. The van der Waals surface area contributed by atoms with Gasteiger partial charge < -0.3 is 15.1 Å². The van der Waals surface area contributed by atoms with Gasteiger partial charge >= 0.3 is 0 Å². The molecule has 1 fully saturated rings. The van der Waals surface area contributed by atoms with Gasteiger partial charge in [-0.1, -0.05) is 0 Å². The van der Waals surface area contributed by atoms with Gasteiger partial charge in [0.2, 0.25) is 0 Å². The third-order valence-electron chi connectivity index (χ3n) is 3.52. The second kappa shape index (κ2) is 5.47. The molecule has 1 aliphatic rings. The Morgan fingerprint density at radius 2 is 1.94 bits per heavy atom. The summed E-state index contributed by atoms with van der Waals surface area (Å²) in [5.41, 5.74) is 2.34. The van der Waals surface area contributed by atoms with E-state index >= 15 is 0 Å². The van der Waals surface area contributed by atoms with E-state index in [9.17, 15) is 0 Å². The molecule has 0 spiro atoms. The summed E-state index contributed by atoms with van der Waals surface area (Å²) in [6.07, 6.45) is 1.99. The Morgan fingerprint density at radius 1 is 1.24 bits per heavy atom. The summed E-state index contributed by atoms with van der Waals surface area (Å²) in [7, 11) is 4.13. The predicted molar refractivity (Wildman–Crippen MR) is 71.4 cm³/mol. The molecule has 0 amide bonds. The van der Waals surface area contributed by atoms with Crippen molar-refractivity contribution in [2.24, 2.45) is 0 Å². The smallest absolute Gasteiger partial charge is 0.0571 e. The summed E-state index contributed by atoms with van der Waals surface area (Å²) in [5.74, 6) is 0. The third-order valence-corrected chi connectivity index (χ3v) is 3.52. The van der Waals surface area contributed by atoms with Crippen molar-refractivity contribution in [3.63, 3.8) is 0 Å². The molecule has 1 N–H and O–H groups in total. The lowest BCUT2D eigenvalue weighted by Gasteiger charge is -2.33. The summed E-state index contributed by atoms with van der Waals surface area (Å²) in [6, 6.07) is 4.62. The number of nitrogens with one attached hydrogen (secondary N) is 1. The summed E-state index contributed by atoms with van der Waals surface area (Å²) >= 11 is 0. The Labute approximate surface area is 104 Å². The van der Waals surface area contributed by atoms with E-state index in [1.807, 2.05) is 13.2 Å². The number of piperazine rings is 1. The first-order valence-electron chi connectivity index (χ1n) is 6.27. The van der Waals surface area contributed by atoms with Gasteiger partial charge in [-0.05, 0) is 33.2 Å². The molecule has 0 bridgehead atoms. The average molecular weight is 234 g/mol. The van der Waals surface area contributed by atoms with E-state index < -0.39 is 0 Å². The first-order chi connectivity index (χ1) is 8.20. The lowest BCUT2D eigenvalue weighted by molar-refractivity contribution is 0.313. The number of aromatic nitrogens is 1. The molecular formula is C13H22N4. The summed E-state index contributed by atoms with van der Waals surface area (Å²) in [6.45, 7) is 6.58. The summed E-state index contributed by atoms with van der Waals surface area (Å²) < 4.78 is 0. The molecule has 1 atom stereocenters. The van der Waals surface area contributed by atoms with Crippen molar-refractivity contribution in [2.45, 2.75) is 13.0 Å². The minimum absolute atomic E-state index is 0.316. The zero-order valence-corrected chi connectivity index (χ0v) is 11.0. The van der Waals surface area contributed by atoms with Crippen LogP contribution in [0.15, 0.2) is 18.3 Å². The SMILES string of the molecule is CNC(C)c1ccc(N2CCN(C)CC2)cn1. The monoisotopic (exact) mass is 234 g/mol. The maximum atomic E-state index is 4.53. The van der Waals surface area contributed by atoms with Crippen LogP contribution in [0.5, 0.6) is 0 Å². The highest BCUT2D eigenvalue weighted by Gasteiger charge is 2.14. The molecule has 2 rings (SSSR count). The van der Waals surface area contributed by atoms with Gasteiger partial charge in [-0.15, -0.1) is 0 Å². The van der Waals surface area contributed by atoms with Gasteiger partial charge in [0.1, 0.15) is 0 Å². The second-order valence-electron chi connectivity index (χ2n) is 4.74. The molecule has 0 saturated carbocycles. The van der Waals surface area contributed by atoms with Gasteiger partial charge in [-0.3, -0.25) is 4.98 Å². The molecule has 1 unspecified atom stereocenters. The topological polar surface area (TPSA) is 31.4 Å². The number of anilines is 1. The standard InChI is InChI=1S/C13H22N4/c1-11(14-2)13-5-4-12(10-15-13)17-8-6-16(3)7-9-17/h4-5,10-11,14H,6-9H2,1-3H3. The Bertz CT molecular complexity index is 341. The Balaban J connectivity index is 2.02. The van der Waals surface area contributed by atoms with Crippen molar-refractivity contribution in [3.05, 3.63) is 24.0 Å². The van der Waals surface area contributed by atoms with Crippen molar-refractivity contribution in [1.29, 1.82) is 0 Å². The van der Waals surface area contributed by atoms with Crippen LogP contribution in [-0.2, 0) is 0 Å². The minimum Gasteiger partial charge on any atom is -0.368 e. The first-order valence-corrected chi connectivity index (χ1v) is 6.27. The molecule has 1 aromatic rings. The largest absolute Gasteiger partial charge is 0.368 e. The van der Waals surface area contributed by atoms with Gasteiger partial charge in [0.05, 0.1) is 17.6 Å². The molecule has 4 nitrogen and oxygen atoms in total. The maximum Gasteiger partial charge on any atom is 0.0571 e. The molecule has 0 aromatic carbocycles. The van der Waals surface area contributed by atoms with Crippen LogP contribution in [0.2, 0.25) is 0 Å². The number of hydrogen-bond donors (Lipinski definition) is 1. The molecule has 1 aromatic heterocycles. The fourth-order valence-corrected chi connectivity index (χ4v) is 2.05. The number of pyridine rings is 1. The number of rotatable bonds is 3. The molecule has 1 saturated heterocycles. The number of hydrogen-bond acceptors (Lipinski definition) is 4. The molecule has 2 heterocycles. The second-order valence-corrected chi connectivity index (χ2v) is 4.74. The van der Waals surface area contributed by atoms with Gasteiger partial charge in [0.15, 0.2) is 0 Å². The highest BCUT2D eigenvalue weighted by Crippen LogP contribution is 2.17. The predicted octanol–water partition coefficient (Wildman–Crippen LogP) is 1.11. The fourth-order valence-electron chi connectivity index (χ4n) is 2.05. The van der Waals surface area contributed by atoms with Crippen LogP contribution >= 0.6 is 0 Å². The van der Waals surface area contributed by atoms with Gasteiger partial charge in [0, 0.05) is 32.2 Å². The van der Waals surface area contributed by atoms with E-state index in [-0.39, 0.29) is 0 Å². The Kier molecular flexibility index (Phi) is 3.97. The number of likely N-dealkylation sites (N-methyl/N-ethyl adjacent to an activating group) is 1. The molecule has 0 aliphatic carbocycles. The molecule has 17 heavy (non-hydrogen) atoms. The normalized spacial score (nSPS) is 19.4. The van der Waals surface area contributed by atoms with Gasteiger partial charge in [-0.25, -0.2) is 0 Å². The van der Waals surface area contributed by atoms with Crippen LogP contribution in [0.25, 0.3) is 0 Å². The van der Waals surface area contributed by atoms with E-state index in [0.29, 0.717) is 6.04 Å². The Hall–Kier alpha value is -1.13. The van der Waals surface area contributed by atoms with E-state index in [0.717, 1.165) is 31.9 Å². The summed E-state index contributed by atoms with van der Waals surface area (Å²) in [4.78, 5) is 9.29. The molecule has 0 radical (unpaired) electrons. The Morgan fingerprint density at radius 3 is 2.47 bits per heavy atom. The van der Waals surface area contributed by atoms with Crippen molar-refractivity contribution in [3.8, 4) is 0 Å². The molecule has 94 valence electrons. The van der Waals surface area contributed by atoms with E-state index in [1.54, 1.807) is 0 Å². The molecule has 4 heteroatoms. The van der Waals surface area contributed by atoms with Crippen LogP contribution in [0.1, 0.15) is 18.7 Å². The van der Waals surface area contributed by atoms with E-state index in [4.69, 9.17) is 0 Å². The van der Waals surface area contributed by atoms with Crippen LogP contribution in [0, 0.1) is 0 Å². The van der Waals surface area contributed by atoms with Crippen molar-refractivity contribution >= 4 is 5.69 Å². The number of nitrogens with zero attached hydrogens (tertiary/aromatic N) is 3. The minimum atomic E-state index is 0.316. The van der Waals surface area contributed by atoms with Crippen molar-refractivity contribution in [1.82, 2.24) is 15.2 Å². The highest BCUT2D eigenvalue weighted by atomic mass is 15.2. The van der Waals surface area contributed by atoms with Crippen LogP contribution < -0.4 is 10.2 Å². The lowest BCUT2D eigenvalue weighted by Crippen LogP contribution is -2.44. The van der Waals surface area contributed by atoms with Crippen LogP contribution in [0.4, 0.5) is 5.69 Å². The zero-order valence-electron chi connectivity index (χ0n) is 11.0.